The minimum absolute atomic E-state index is 0.0692. The molecule has 1 fully saturated rings. The molecule has 0 unspecified atom stereocenters. The Morgan fingerprint density at radius 2 is 2.00 bits per heavy atom. The first-order valence-corrected chi connectivity index (χ1v) is 10.8. The number of halogens is 2. The summed E-state index contributed by atoms with van der Waals surface area (Å²) >= 11 is 12.5. The Morgan fingerprint density at radius 3 is 2.70 bits per heavy atom. The molecule has 155 valence electrons. The van der Waals surface area contributed by atoms with Crippen LogP contribution < -0.4 is 11.1 Å². The number of nitrogens with zero attached hydrogens (tertiary/aromatic N) is 2. The van der Waals surface area contributed by atoms with Crippen LogP contribution in [0.3, 0.4) is 0 Å². The molecule has 1 aromatic heterocycles. The molecule has 1 heterocycles. The molecule has 0 aliphatic heterocycles. The van der Waals surface area contributed by atoms with Gasteiger partial charge in [-0.25, -0.2) is 4.68 Å². The SMILES string of the molecule is Cc1c(C(=O)N[C@H]2CCC[C@@H](N)C2)nn(-c2ccc(Cl)cc2Cl)c1-c1cc[c]cc1. The summed E-state index contributed by atoms with van der Waals surface area (Å²) in [5.74, 6) is -0.195. The van der Waals surface area contributed by atoms with Crippen LogP contribution >= 0.6 is 23.2 Å². The molecule has 30 heavy (non-hydrogen) atoms. The molecule has 3 aromatic rings. The van der Waals surface area contributed by atoms with Gasteiger partial charge in [0.2, 0.25) is 0 Å². The summed E-state index contributed by atoms with van der Waals surface area (Å²) in [6.07, 6.45) is 3.75. The first-order valence-electron chi connectivity index (χ1n) is 10.0. The van der Waals surface area contributed by atoms with Gasteiger partial charge in [0.25, 0.3) is 5.91 Å². The third-order valence-corrected chi connectivity index (χ3v) is 6.05. The number of benzene rings is 2. The molecule has 5 nitrogen and oxygen atoms in total. The van der Waals surface area contributed by atoms with Crippen LogP contribution in [-0.2, 0) is 0 Å². The lowest BCUT2D eigenvalue weighted by molar-refractivity contribution is 0.0919. The number of nitrogens with one attached hydrogen (secondary N) is 1. The van der Waals surface area contributed by atoms with E-state index in [9.17, 15) is 4.79 Å². The first kappa shape index (κ1) is 20.9. The summed E-state index contributed by atoms with van der Waals surface area (Å²) in [6, 6.07) is 16.0. The molecular weight excluding hydrogens is 419 g/mol. The molecule has 1 aliphatic rings. The minimum atomic E-state index is -0.195. The largest absolute Gasteiger partial charge is 0.348 e. The molecule has 2 atom stereocenters. The number of nitrogens with two attached hydrogens (primary N) is 1. The average Bonchev–Trinajstić information content (AvgIpc) is 3.05. The maximum absolute atomic E-state index is 13.1. The van der Waals surface area contributed by atoms with Crippen molar-refractivity contribution in [2.45, 2.75) is 44.7 Å². The average molecular weight is 442 g/mol. The van der Waals surface area contributed by atoms with Crippen LogP contribution in [0.1, 0.15) is 41.7 Å². The van der Waals surface area contributed by atoms with Crippen molar-refractivity contribution in [3.63, 3.8) is 0 Å². The van der Waals surface area contributed by atoms with Crippen LogP contribution in [-0.4, -0.2) is 27.8 Å². The van der Waals surface area contributed by atoms with E-state index in [0.717, 1.165) is 42.5 Å². The summed E-state index contributed by atoms with van der Waals surface area (Å²) in [7, 11) is 0. The highest BCUT2D eigenvalue weighted by Crippen LogP contribution is 2.32. The van der Waals surface area contributed by atoms with Crippen LogP contribution in [0.2, 0.25) is 10.0 Å². The minimum Gasteiger partial charge on any atom is -0.348 e. The van der Waals surface area contributed by atoms with Crippen LogP contribution in [0.15, 0.2) is 42.5 Å². The Kier molecular flexibility index (Phi) is 6.14. The second-order valence-electron chi connectivity index (χ2n) is 7.72. The quantitative estimate of drug-likeness (QED) is 0.600. The monoisotopic (exact) mass is 441 g/mol. The molecule has 4 rings (SSSR count). The van der Waals surface area contributed by atoms with E-state index >= 15 is 0 Å². The van der Waals surface area contributed by atoms with Crippen molar-refractivity contribution >= 4 is 29.1 Å². The van der Waals surface area contributed by atoms with E-state index in [1.54, 1.807) is 22.9 Å². The van der Waals surface area contributed by atoms with E-state index in [2.05, 4.69) is 16.5 Å². The fraction of sp³-hybridized carbons (Fsp3) is 0.304. The van der Waals surface area contributed by atoms with Crippen LogP contribution in [0.25, 0.3) is 16.9 Å². The summed E-state index contributed by atoms with van der Waals surface area (Å²) in [5, 5.41) is 8.78. The van der Waals surface area contributed by atoms with Crippen molar-refractivity contribution in [3.8, 4) is 16.9 Å². The van der Waals surface area contributed by atoms with Gasteiger partial charge in [0.05, 0.1) is 16.4 Å². The van der Waals surface area contributed by atoms with Crippen molar-refractivity contribution in [2.24, 2.45) is 5.73 Å². The number of aromatic nitrogens is 2. The van der Waals surface area contributed by atoms with Crippen LogP contribution in [0, 0.1) is 13.0 Å². The van der Waals surface area contributed by atoms with Crippen molar-refractivity contribution in [2.75, 3.05) is 0 Å². The summed E-state index contributed by atoms with van der Waals surface area (Å²) < 4.78 is 1.71. The van der Waals surface area contributed by atoms with Gasteiger partial charge < -0.3 is 11.1 Å². The highest BCUT2D eigenvalue weighted by atomic mass is 35.5. The molecule has 0 saturated heterocycles. The lowest BCUT2D eigenvalue weighted by Crippen LogP contribution is -2.42. The topological polar surface area (TPSA) is 72.9 Å². The van der Waals surface area contributed by atoms with Gasteiger partial charge in [0.1, 0.15) is 0 Å². The molecule has 0 spiro atoms. The summed E-state index contributed by atoms with van der Waals surface area (Å²) in [5.41, 5.74) is 9.62. The molecule has 7 heteroatoms. The molecule has 0 bridgehead atoms. The molecule has 2 aromatic carbocycles. The highest BCUT2D eigenvalue weighted by Gasteiger charge is 2.26. The van der Waals surface area contributed by atoms with Gasteiger partial charge in [0, 0.05) is 28.2 Å². The van der Waals surface area contributed by atoms with Gasteiger partial charge in [-0.1, -0.05) is 47.5 Å². The summed E-state index contributed by atoms with van der Waals surface area (Å²) in [4.78, 5) is 13.1. The number of hydrogen-bond acceptors (Lipinski definition) is 3. The van der Waals surface area contributed by atoms with Crippen molar-refractivity contribution in [3.05, 3.63) is 69.8 Å². The maximum Gasteiger partial charge on any atom is 0.272 e. The second kappa shape index (κ2) is 8.80. The summed E-state index contributed by atoms with van der Waals surface area (Å²) in [6.45, 7) is 1.90. The number of amides is 1. The van der Waals surface area contributed by atoms with Gasteiger partial charge >= 0.3 is 0 Å². The second-order valence-corrected chi connectivity index (χ2v) is 8.56. The Bertz CT molecular complexity index is 1060. The Balaban J connectivity index is 1.77. The Hall–Kier alpha value is -2.34. The molecule has 1 saturated carbocycles. The normalized spacial score (nSPS) is 18.9. The zero-order valence-corrected chi connectivity index (χ0v) is 18.2. The van der Waals surface area contributed by atoms with E-state index in [1.165, 1.54) is 0 Å². The van der Waals surface area contributed by atoms with Crippen molar-refractivity contribution < 1.29 is 4.79 Å². The standard InChI is InChI=1S/C23H23Cl2N4O/c1-14-21(23(30)27-18-9-5-8-17(26)13-18)28-29(20-11-10-16(24)12-19(20)25)22(14)15-6-3-2-4-7-15/h3-4,6-7,10-12,17-18H,5,8-9,13,26H2,1H3,(H,27,30)/t17-,18+/m1/s1. The fourth-order valence-corrected chi connectivity index (χ4v) is 4.52. The van der Waals surface area contributed by atoms with Crippen LogP contribution in [0.5, 0.6) is 0 Å². The maximum atomic E-state index is 13.1. The van der Waals surface area contributed by atoms with E-state index in [1.807, 2.05) is 31.2 Å². The molecule has 1 aliphatic carbocycles. The van der Waals surface area contributed by atoms with E-state index in [-0.39, 0.29) is 18.0 Å². The third-order valence-electron chi connectivity index (χ3n) is 5.52. The van der Waals surface area contributed by atoms with Crippen LogP contribution in [0.4, 0.5) is 0 Å². The van der Waals surface area contributed by atoms with Gasteiger partial charge in [-0.05, 0) is 56.9 Å². The van der Waals surface area contributed by atoms with E-state index in [4.69, 9.17) is 28.9 Å². The van der Waals surface area contributed by atoms with Gasteiger partial charge in [-0.3, -0.25) is 4.79 Å². The number of rotatable bonds is 4. The molecular formula is C23H23Cl2N4O. The fourth-order valence-electron chi connectivity index (χ4n) is 4.04. The highest BCUT2D eigenvalue weighted by molar-refractivity contribution is 6.35. The Labute approximate surface area is 186 Å². The first-order chi connectivity index (χ1) is 14.4. The molecule has 1 amide bonds. The number of hydrogen-bond donors (Lipinski definition) is 2. The zero-order chi connectivity index (χ0) is 21.3. The smallest absolute Gasteiger partial charge is 0.272 e. The molecule has 1 radical (unpaired) electrons. The Morgan fingerprint density at radius 1 is 1.23 bits per heavy atom. The van der Waals surface area contributed by atoms with Crippen molar-refractivity contribution in [1.82, 2.24) is 15.1 Å². The number of carbonyl (C=O) groups excluding carboxylic acids is 1. The third kappa shape index (κ3) is 4.24. The lowest BCUT2D eigenvalue weighted by atomic mass is 9.91. The predicted molar refractivity (Wildman–Crippen MR) is 120 cm³/mol. The molecule has 3 N–H and O–H groups in total. The van der Waals surface area contributed by atoms with Gasteiger partial charge in [-0.15, -0.1) is 0 Å². The van der Waals surface area contributed by atoms with Crippen molar-refractivity contribution in [1.29, 1.82) is 0 Å². The zero-order valence-electron chi connectivity index (χ0n) is 16.7. The predicted octanol–water partition coefficient (Wildman–Crippen LogP) is 4.95. The van der Waals surface area contributed by atoms with E-state index < -0.39 is 0 Å². The van der Waals surface area contributed by atoms with Gasteiger partial charge in [0.15, 0.2) is 5.69 Å². The van der Waals surface area contributed by atoms with Gasteiger partial charge in [-0.2, -0.15) is 5.10 Å². The van der Waals surface area contributed by atoms with E-state index in [0.29, 0.717) is 21.4 Å². The number of carbonyl (C=O) groups is 1. The lowest BCUT2D eigenvalue weighted by Gasteiger charge is -2.27.